The Kier molecular flexibility index (Phi) is 7.14. The van der Waals surface area contributed by atoms with E-state index in [0.29, 0.717) is 25.1 Å². The molecular formula is C18H27F2NO3. The Morgan fingerprint density at radius 3 is 2.50 bits per heavy atom. The molecule has 1 aliphatic heterocycles. The zero-order chi connectivity index (χ0) is 18.5. The van der Waals surface area contributed by atoms with E-state index in [-0.39, 0.29) is 18.4 Å². The van der Waals surface area contributed by atoms with Gasteiger partial charge in [-0.3, -0.25) is 0 Å². The van der Waals surface area contributed by atoms with Gasteiger partial charge in [-0.2, -0.15) is 0 Å². The lowest BCUT2D eigenvalue weighted by molar-refractivity contribution is 0.00746. The van der Waals surface area contributed by atoms with Gasteiger partial charge in [-0.1, -0.05) is 18.2 Å². The SMILES string of the molecule is C=C(/C=C\C(F)=C(/C)F)[C@@H]1CCN(C(=O)OC(C)(C)C)C[C@H]1CO. The summed E-state index contributed by atoms with van der Waals surface area (Å²) in [6, 6.07) is 0. The monoisotopic (exact) mass is 343 g/mol. The molecule has 0 bridgehead atoms. The van der Waals surface area contributed by atoms with Crippen molar-refractivity contribution in [1.82, 2.24) is 4.90 Å². The number of hydrogen-bond acceptors (Lipinski definition) is 3. The van der Waals surface area contributed by atoms with Crippen LogP contribution in [0, 0.1) is 11.8 Å². The van der Waals surface area contributed by atoms with Crippen molar-refractivity contribution >= 4 is 6.09 Å². The highest BCUT2D eigenvalue weighted by Crippen LogP contribution is 2.31. The average Bonchev–Trinajstić information content (AvgIpc) is 2.49. The van der Waals surface area contributed by atoms with Crippen LogP contribution in [0.25, 0.3) is 0 Å². The largest absolute Gasteiger partial charge is 0.444 e. The number of carbonyl (C=O) groups is 1. The predicted octanol–water partition coefficient (Wildman–Crippen LogP) is 4.13. The highest BCUT2D eigenvalue weighted by Gasteiger charge is 2.33. The summed E-state index contributed by atoms with van der Waals surface area (Å²) >= 11 is 0. The van der Waals surface area contributed by atoms with Gasteiger partial charge in [0.15, 0.2) is 5.83 Å². The highest BCUT2D eigenvalue weighted by molar-refractivity contribution is 5.68. The molecule has 0 unspecified atom stereocenters. The standard InChI is InChI=1S/C18H27F2NO3/c1-12(6-7-16(20)13(2)19)15-8-9-21(10-14(15)11-22)17(23)24-18(3,4)5/h6-7,14-15,22H,1,8-11H2,2-5H3/b7-6-,16-13-/t14-,15-/m0/s1. The molecule has 1 N–H and O–H groups in total. The first-order valence-corrected chi connectivity index (χ1v) is 8.02. The van der Waals surface area contributed by atoms with Gasteiger partial charge in [0.2, 0.25) is 0 Å². The molecule has 0 spiro atoms. The topological polar surface area (TPSA) is 49.8 Å². The summed E-state index contributed by atoms with van der Waals surface area (Å²) in [5, 5.41) is 9.62. The van der Waals surface area contributed by atoms with E-state index in [2.05, 4.69) is 6.58 Å². The Morgan fingerprint density at radius 1 is 1.38 bits per heavy atom. The lowest BCUT2D eigenvalue weighted by Gasteiger charge is -2.38. The van der Waals surface area contributed by atoms with Crippen LogP contribution < -0.4 is 0 Å². The third kappa shape index (κ3) is 6.07. The summed E-state index contributed by atoms with van der Waals surface area (Å²) in [6.45, 7) is 11.0. The van der Waals surface area contributed by atoms with Crippen LogP contribution in [-0.4, -0.2) is 41.4 Å². The van der Waals surface area contributed by atoms with Crippen molar-refractivity contribution in [3.05, 3.63) is 36.0 Å². The molecule has 0 saturated carbocycles. The molecule has 1 rings (SSSR count). The Balaban J connectivity index is 2.73. The summed E-state index contributed by atoms with van der Waals surface area (Å²) in [6.07, 6.45) is 2.62. The van der Waals surface area contributed by atoms with Crippen molar-refractivity contribution in [3.63, 3.8) is 0 Å². The normalized spacial score (nSPS) is 23.2. The molecule has 1 aliphatic rings. The molecule has 4 nitrogen and oxygen atoms in total. The molecule has 0 aromatic carbocycles. The van der Waals surface area contributed by atoms with Gasteiger partial charge in [-0.15, -0.1) is 0 Å². The van der Waals surface area contributed by atoms with E-state index < -0.39 is 23.3 Å². The van der Waals surface area contributed by atoms with Gasteiger partial charge in [0.1, 0.15) is 11.4 Å². The summed E-state index contributed by atoms with van der Waals surface area (Å²) in [4.78, 5) is 13.7. The first-order valence-electron chi connectivity index (χ1n) is 8.02. The van der Waals surface area contributed by atoms with Crippen LogP contribution in [0.3, 0.4) is 0 Å². The van der Waals surface area contributed by atoms with E-state index in [0.717, 1.165) is 13.0 Å². The van der Waals surface area contributed by atoms with Crippen LogP contribution in [-0.2, 0) is 4.74 Å². The van der Waals surface area contributed by atoms with Crippen LogP contribution in [0.1, 0.15) is 34.1 Å². The average molecular weight is 343 g/mol. The molecule has 136 valence electrons. The van der Waals surface area contributed by atoms with Crippen molar-refractivity contribution in [3.8, 4) is 0 Å². The molecule has 0 aromatic heterocycles. The number of likely N-dealkylation sites (tertiary alicyclic amines) is 1. The van der Waals surface area contributed by atoms with E-state index in [1.807, 2.05) is 0 Å². The summed E-state index contributed by atoms with van der Waals surface area (Å²) in [7, 11) is 0. The van der Waals surface area contributed by atoms with Gasteiger partial charge >= 0.3 is 6.09 Å². The zero-order valence-corrected chi connectivity index (χ0v) is 14.8. The number of aliphatic hydroxyl groups is 1. The summed E-state index contributed by atoms with van der Waals surface area (Å²) < 4.78 is 31.3. The minimum atomic E-state index is -0.942. The molecule has 24 heavy (non-hydrogen) atoms. The second-order valence-corrected chi connectivity index (χ2v) is 7.05. The number of allylic oxidation sites excluding steroid dienone is 5. The lowest BCUT2D eigenvalue weighted by Crippen LogP contribution is -2.47. The van der Waals surface area contributed by atoms with Gasteiger partial charge < -0.3 is 14.7 Å². The van der Waals surface area contributed by atoms with Crippen LogP contribution in [0.5, 0.6) is 0 Å². The van der Waals surface area contributed by atoms with Crippen LogP contribution in [0.2, 0.25) is 0 Å². The molecule has 1 saturated heterocycles. The van der Waals surface area contributed by atoms with E-state index in [4.69, 9.17) is 4.74 Å². The second-order valence-electron chi connectivity index (χ2n) is 7.05. The van der Waals surface area contributed by atoms with Crippen molar-refractivity contribution in [2.75, 3.05) is 19.7 Å². The van der Waals surface area contributed by atoms with E-state index >= 15 is 0 Å². The minimum absolute atomic E-state index is 0.0994. The molecule has 0 aliphatic carbocycles. The molecule has 2 atom stereocenters. The number of hydrogen-bond donors (Lipinski definition) is 1. The molecule has 0 radical (unpaired) electrons. The molecule has 1 amide bonds. The van der Waals surface area contributed by atoms with Gasteiger partial charge in [0.25, 0.3) is 0 Å². The number of halogens is 2. The van der Waals surface area contributed by atoms with Crippen molar-refractivity contribution in [1.29, 1.82) is 0 Å². The minimum Gasteiger partial charge on any atom is -0.444 e. The van der Waals surface area contributed by atoms with Gasteiger partial charge in [0, 0.05) is 25.6 Å². The number of nitrogens with zero attached hydrogens (tertiary/aromatic N) is 1. The number of carbonyl (C=O) groups excluding carboxylic acids is 1. The molecule has 6 heteroatoms. The maximum atomic E-state index is 13.2. The maximum Gasteiger partial charge on any atom is 0.410 e. The van der Waals surface area contributed by atoms with Crippen LogP contribution >= 0.6 is 0 Å². The fraction of sp³-hybridized carbons (Fsp3) is 0.611. The number of rotatable bonds is 4. The Hall–Kier alpha value is -1.69. The van der Waals surface area contributed by atoms with E-state index in [1.54, 1.807) is 25.7 Å². The van der Waals surface area contributed by atoms with Gasteiger partial charge in [-0.25, -0.2) is 13.6 Å². The fourth-order valence-corrected chi connectivity index (χ4v) is 2.62. The fourth-order valence-electron chi connectivity index (χ4n) is 2.62. The van der Waals surface area contributed by atoms with Crippen molar-refractivity contribution in [2.45, 2.75) is 39.7 Å². The number of piperidine rings is 1. The van der Waals surface area contributed by atoms with Crippen molar-refractivity contribution in [2.24, 2.45) is 11.8 Å². The quantitative estimate of drug-likeness (QED) is 0.781. The predicted molar refractivity (Wildman–Crippen MR) is 89.7 cm³/mol. The van der Waals surface area contributed by atoms with Crippen molar-refractivity contribution < 1.29 is 23.4 Å². The second kappa shape index (κ2) is 8.42. The molecule has 1 heterocycles. The Labute approximate surface area is 142 Å². The third-order valence-electron chi connectivity index (χ3n) is 3.87. The maximum absolute atomic E-state index is 13.2. The summed E-state index contributed by atoms with van der Waals surface area (Å²) in [5.74, 6) is -2.15. The first kappa shape index (κ1) is 20.4. The summed E-state index contributed by atoms with van der Waals surface area (Å²) in [5.41, 5.74) is 0.0255. The third-order valence-corrected chi connectivity index (χ3v) is 3.87. The van der Waals surface area contributed by atoms with Gasteiger partial charge in [0.05, 0.1) is 0 Å². The smallest absolute Gasteiger partial charge is 0.410 e. The number of ether oxygens (including phenoxy) is 1. The molecule has 1 fully saturated rings. The molecular weight excluding hydrogens is 316 g/mol. The molecule has 0 aromatic rings. The van der Waals surface area contributed by atoms with Gasteiger partial charge in [-0.05, 0) is 46.1 Å². The number of aliphatic hydroxyl groups excluding tert-OH is 1. The van der Waals surface area contributed by atoms with E-state index in [9.17, 15) is 18.7 Å². The van der Waals surface area contributed by atoms with E-state index in [1.165, 1.54) is 6.08 Å². The Morgan fingerprint density at radius 2 is 2.00 bits per heavy atom. The first-order chi connectivity index (χ1) is 11.0. The number of amides is 1. The lowest BCUT2D eigenvalue weighted by atomic mass is 9.81. The van der Waals surface area contributed by atoms with Crippen LogP contribution in [0.4, 0.5) is 13.6 Å². The zero-order valence-electron chi connectivity index (χ0n) is 14.8. The van der Waals surface area contributed by atoms with Crippen LogP contribution in [0.15, 0.2) is 36.0 Å². The Bertz CT molecular complexity index is 531. The highest BCUT2D eigenvalue weighted by atomic mass is 19.2.